The molecule has 4 aliphatic rings. The van der Waals surface area contributed by atoms with Crippen LogP contribution in [-0.4, -0.2) is 41.4 Å². The van der Waals surface area contributed by atoms with Gasteiger partial charge in [-0.2, -0.15) is 0 Å². The lowest BCUT2D eigenvalue weighted by Gasteiger charge is -2.47. The van der Waals surface area contributed by atoms with Crippen LogP contribution in [0.1, 0.15) is 88.5 Å². The third kappa shape index (κ3) is 4.47. The van der Waals surface area contributed by atoms with E-state index >= 15 is 0 Å². The number of carbonyl (C=O) groups excluding carboxylic acids is 2. The standard InChI is InChI=1S/C26H36N2O3/c29-24(27-21-9-6-10-21)17-20-18-26(31-23-12-5-4-11-22(20)23)13-15-28(16-14-26)25(30)19-7-2-1-3-8-19/h4-5,11-12,19-21H,1-3,6-10,13-18H2,(H,27,29)/t20-/m0/s1. The molecule has 5 nitrogen and oxygen atoms in total. The highest BCUT2D eigenvalue weighted by atomic mass is 16.5. The fraction of sp³-hybridized carbons (Fsp3) is 0.692. The van der Waals surface area contributed by atoms with Crippen molar-refractivity contribution in [2.24, 2.45) is 5.92 Å². The Hall–Kier alpha value is -2.04. The Labute approximate surface area is 185 Å². The number of nitrogens with one attached hydrogen (secondary N) is 1. The van der Waals surface area contributed by atoms with E-state index in [0.29, 0.717) is 18.4 Å². The Kier molecular flexibility index (Phi) is 5.94. The third-order valence-electron chi connectivity index (χ3n) is 8.15. The summed E-state index contributed by atoms with van der Waals surface area (Å²) >= 11 is 0. The highest BCUT2D eigenvalue weighted by molar-refractivity contribution is 5.79. The van der Waals surface area contributed by atoms with Gasteiger partial charge in [0.05, 0.1) is 0 Å². The molecule has 1 atom stereocenters. The molecule has 5 heteroatoms. The maximum absolute atomic E-state index is 13.0. The van der Waals surface area contributed by atoms with E-state index < -0.39 is 0 Å². The zero-order valence-corrected chi connectivity index (χ0v) is 18.6. The van der Waals surface area contributed by atoms with Crippen LogP contribution in [0.4, 0.5) is 0 Å². The van der Waals surface area contributed by atoms with Crippen LogP contribution in [0.3, 0.4) is 0 Å². The second-order valence-corrected chi connectivity index (χ2v) is 10.3. The molecule has 1 N–H and O–H groups in total. The largest absolute Gasteiger partial charge is 0.487 e. The van der Waals surface area contributed by atoms with Crippen LogP contribution in [-0.2, 0) is 9.59 Å². The summed E-state index contributed by atoms with van der Waals surface area (Å²) in [5.74, 6) is 1.89. The van der Waals surface area contributed by atoms with E-state index in [2.05, 4.69) is 16.3 Å². The van der Waals surface area contributed by atoms with E-state index in [1.807, 2.05) is 18.2 Å². The SMILES string of the molecule is O=C(C[C@H]1CC2(CCN(C(=O)C3CCCCC3)CC2)Oc2ccccc21)NC1CCC1. The van der Waals surface area contributed by atoms with Crippen molar-refractivity contribution < 1.29 is 14.3 Å². The summed E-state index contributed by atoms with van der Waals surface area (Å²) in [5.41, 5.74) is 0.914. The topological polar surface area (TPSA) is 58.6 Å². The van der Waals surface area contributed by atoms with Crippen molar-refractivity contribution in [2.75, 3.05) is 13.1 Å². The Morgan fingerprint density at radius 1 is 1.00 bits per heavy atom. The van der Waals surface area contributed by atoms with Gasteiger partial charge in [-0.25, -0.2) is 0 Å². The van der Waals surface area contributed by atoms with Crippen molar-refractivity contribution in [1.82, 2.24) is 10.2 Å². The van der Waals surface area contributed by atoms with E-state index in [-0.39, 0.29) is 23.3 Å². The number of ether oxygens (including phenoxy) is 1. The summed E-state index contributed by atoms with van der Waals surface area (Å²) in [6.07, 6.45) is 12.4. The molecule has 3 fully saturated rings. The molecule has 0 unspecified atom stereocenters. The van der Waals surface area contributed by atoms with Gasteiger partial charge in [0.1, 0.15) is 11.4 Å². The summed E-state index contributed by atoms with van der Waals surface area (Å²) in [6.45, 7) is 1.55. The summed E-state index contributed by atoms with van der Waals surface area (Å²) in [4.78, 5) is 27.8. The van der Waals surface area contributed by atoms with Crippen molar-refractivity contribution in [3.63, 3.8) is 0 Å². The third-order valence-corrected chi connectivity index (χ3v) is 8.15. The van der Waals surface area contributed by atoms with Crippen LogP contribution >= 0.6 is 0 Å². The van der Waals surface area contributed by atoms with Gasteiger partial charge in [-0.05, 0) is 50.2 Å². The first-order valence-corrected chi connectivity index (χ1v) is 12.5. The smallest absolute Gasteiger partial charge is 0.225 e. The number of amides is 2. The molecule has 0 radical (unpaired) electrons. The molecular weight excluding hydrogens is 388 g/mol. The van der Waals surface area contributed by atoms with Crippen molar-refractivity contribution in [3.8, 4) is 5.75 Å². The van der Waals surface area contributed by atoms with Crippen molar-refractivity contribution in [3.05, 3.63) is 29.8 Å². The summed E-state index contributed by atoms with van der Waals surface area (Å²) in [7, 11) is 0. The summed E-state index contributed by atoms with van der Waals surface area (Å²) < 4.78 is 6.59. The van der Waals surface area contributed by atoms with Crippen LogP contribution in [0, 0.1) is 5.92 Å². The number of piperidine rings is 1. The second-order valence-electron chi connectivity index (χ2n) is 10.3. The van der Waals surface area contributed by atoms with E-state index in [1.54, 1.807) is 0 Å². The van der Waals surface area contributed by atoms with Crippen LogP contribution < -0.4 is 10.1 Å². The van der Waals surface area contributed by atoms with Gasteiger partial charge in [-0.3, -0.25) is 9.59 Å². The quantitative estimate of drug-likeness (QED) is 0.771. The van der Waals surface area contributed by atoms with Gasteiger partial charge in [0.15, 0.2) is 0 Å². The van der Waals surface area contributed by atoms with Crippen molar-refractivity contribution in [1.29, 1.82) is 0 Å². The average molecular weight is 425 g/mol. The first-order valence-electron chi connectivity index (χ1n) is 12.5. The Morgan fingerprint density at radius 2 is 1.74 bits per heavy atom. The molecule has 5 rings (SSSR count). The lowest BCUT2D eigenvalue weighted by Crippen LogP contribution is -2.53. The van der Waals surface area contributed by atoms with Crippen LogP contribution in [0.5, 0.6) is 5.75 Å². The molecule has 2 aliphatic heterocycles. The Bertz CT molecular complexity index is 805. The highest BCUT2D eigenvalue weighted by Gasteiger charge is 2.45. The van der Waals surface area contributed by atoms with Gasteiger partial charge in [0, 0.05) is 50.2 Å². The van der Waals surface area contributed by atoms with Gasteiger partial charge < -0.3 is 15.0 Å². The number of hydrogen-bond donors (Lipinski definition) is 1. The Balaban J connectivity index is 1.25. The molecule has 1 aromatic rings. The zero-order chi connectivity index (χ0) is 21.3. The van der Waals surface area contributed by atoms with E-state index in [1.165, 1.54) is 25.7 Å². The van der Waals surface area contributed by atoms with Crippen LogP contribution in [0.2, 0.25) is 0 Å². The molecule has 31 heavy (non-hydrogen) atoms. The minimum atomic E-state index is -0.251. The van der Waals surface area contributed by atoms with Crippen LogP contribution in [0.25, 0.3) is 0 Å². The molecule has 0 aromatic heterocycles. The van der Waals surface area contributed by atoms with Gasteiger partial charge in [0.25, 0.3) is 0 Å². The molecule has 2 heterocycles. The molecule has 1 aromatic carbocycles. The van der Waals surface area contributed by atoms with Gasteiger partial charge >= 0.3 is 0 Å². The first kappa shape index (κ1) is 20.8. The number of carbonyl (C=O) groups is 2. The van der Waals surface area contributed by atoms with Crippen molar-refractivity contribution >= 4 is 11.8 Å². The minimum Gasteiger partial charge on any atom is -0.487 e. The van der Waals surface area contributed by atoms with Gasteiger partial charge in [0.2, 0.25) is 11.8 Å². The number of hydrogen-bond acceptors (Lipinski definition) is 3. The van der Waals surface area contributed by atoms with Crippen molar-refractivity contribution in [2.45, 2.75) is 94.6 Å². The summed E-state index contributed by atoms with van der Waals surface area (Å²) in [5, 5.41) is 3.21. The van der Waals surface area contributed by atoms with Gasteiger partial charge in [-0.1, -0.05) is 37.5 Å². The minimum absolute atomic E-state index is 0.173. The fourth-order valence-corrected chi connectivity index (χ4v) is 6.04. The molecule has 2 amide bonds. The number of rotatable bonds is 4. The van der Waals surface area contributed by atoms with Crippen LogP contribution in [0.15, 0.2) is 24.3 Å². The molecule has 2 aliphatic carbocycles. The normalized spacial score (nSPS) is 25.9. The second kappa shape index (κ2) is 8.84. The fourth-order valence-electron chi connectivity index (χ4n) is 6.04. The number of para-hydroxylation sites is 1. The monoisotopic (exact) mass is 424 g/mol. The maximum Gasteiger partial charge on any atom is 0.225 e. The number of benzene rings is 1. The number of fused-ring (bicyclic) bond motifs is 1. The maximum atomic E-state index is 13.0. The number of nitrogens with zero attached hydrogens (tertiary/aromatic N) is 1. The van der Waals surface area contributed by atoms with E-state index in [0.717, 1.165) is 69.3 Å². The summed E-state index contributed by atoms with van der Waals surface area (Å²) in [6, 6.07) is 8.61. The predicted molar refractivity (Wildman–Crippen MR) is 120 cm³/mol. The lowest BCUT2D eigenvalue weighted by atomic mass is 9.75. The predicted octanol–water partition coefficient (Wildman–Crippen LogP) is 4.55. The molecule has 2 saturated carbocycles. The zero-order valence-electron chi connectivity index (χ0n) is 18.6. The first-order chi connectivity index (χ1) is 15.1. The number of likely N-dealkylation sites (tertiary alicyclic amines) is 1. The van der Waals surface area contributed by atoms with E-state index in [4.69, 9.17) is 4.74 Å². The average Bonchev–Trinajstić information content (AvgIpc) is 2.77. The molecular formula is C26H36N2O3. The lowest BCUT2D eigenvalue weighted by molar-refractivity contribution is -0.140. The Morgan fingerprint density at radius 3 is 2.45 bits per heavy atom. The molecule has 168 valence electrons. The van der Waals surface area contributed by atoms with Gasteiger partial charge in [-0.15, -0.1) is 0 Å². The molecule has 0 bridgehead atoms. The highest BCUT2D eigenvalue weighted by Crippen LogP contribution is 2.46. The molecule has 1 saturated heterocycles. The van der Waals surface area contributed by atoms with E-state index in [9.17, 15) is 9.59 Å². The molecule has 1 spiro atoms.